The molecule has 0 bridgehead atoms. The summed E-state index contributed by atoms with van der Waals surface area (Å²) in [7, 11) is 0. The summed E-state index contributed by atoms with van der Waals surface area (Å²) in [6.07, 6.45) is -5.86. The van der Waals surface area contributed by atoms with E-state index in [9.17, 15) is 36.7 Å². The molecule has 1 aromatic carbocycles. The molecule has 1 aromatic heterocycles. The van der Waals surface area contributed by atoms with E-state index in [0.717, 1.165) is 37.4 Å². The van der Waals surface area contributed by atoms with Crippen LogP contribution in [0.4, 0.5) is 22.0 Å². The minimum atomic E-state index is -4.93. The fraction of sp³-hybridized carbons (Fsp3) is 0.409. The Morgan fingerprint density at radius 3 is 2.51 bits per heavy atom. The molecule has 0 radical (unpaired) electrons. The van der Waals surface area contributed by atoms with E-state index in [0.29, 0.717) is 4.73 Å². The molecule has 3 rings (SSSR count). The van der Waals surface area contributed by atoms with E-state index in [1.165, 1.54) is 13.8 Å². The lowest BCUT2D eigenvalue weighted by Gasteiger charge is -2.32. The number of amides is 2. The molecule has 2 aromatic rings. The number of hydrogen-bond donors (Lipinski definition) is 2. The van der Waals surface area contributed by atoms with Crippen molar-refractivity contribution in [2.45, 2.75) is 44.6 Å². The Kier molecular flexibility index (Phi) is 6.93. The summed E-state index contributed by atoms with van der Waals surface area (Å²) in [4.78, 5) is 28.3. The van der Waals surface area contributed by atoms with Gasteiger partial charge in [-0.15, -0.1) is 0 Å². The van der Waals surface area contributed by atoms with Gasteiger partial charge in [-0.25, -0.2) is 9.38 Å². The number of carbonyl (C=O) groups excluding carboxylic acids is 2. The standard InChI is InChI=1S/C22H22F5N3O5/c1-4-34-17-12(5-6-13(23)16(17)24)15-10(2)21(3,22(25,26)27)35-18(15)20(32)29-11-7-8-30(33)14(9-11)19(28)31/h5-10,15,18,33H,4H2,1-3H3,(H2,28,31)/t10-,15+,18+,21-/m0/s1. The van der Waals surface area contributed by atoms with Gasteiger partial charge in [0, 0.05) is 23.6 Å². The summed E-state index contributed by atoms with van der Waals surface area (Å²) in [5.41, 5.74) is 1.65. The maximum atomic E-state index is 14.5. The number of ether oxygens (including phenoxy) is 2. The Bertz CT molecular complexity index is 1230. The highest BCUT2D eigenvalue weighted by Crippen LogP contribution is 2.55. The molecule has 2 amide bonds. The van der Waals surface area contributed by atoms with Crippen molar-refractivity contribution in [3.8, 4) is 5.75 Å². The predicted octanol–water partition coefficient (Wildman–Crippen LogP) is 3.07. The number of rotatable bonds is 5. The smallest absolute Gasteiger partial charge is 0.417 e. The summed E-state index contributed by atoms with van der Waals surface area (Å²) >= 11 is 0. The van der Waals surface area contributed by atoms with Crippen LogP contribution in [0.5, 0.6) is 5.75 Å². The van der Waals surface area contributed by atoms with Crippen LogP contribution < -0.4 is 15.8 Å². The van der Waals surface area contributed by atoms with Crippen molar-refractivity contribution in [1.82, 2.24) is 4.73 Å². The van der Waals surface area contributed by atoms with Crippen LogP contribution in [0.15, 0.2) is 35.5 Å². The number of primary amides is 1. The Balaban J connectivity index is 2.19. The van der Waals surface area contributed by atoms with Crippen LogP contribution in [0.3, 0.4) is 0 Å². The van der Waals surface area contributed by atoms with Crippen LogP contribution in [0, 0.1) is 17.6 Å². The minimum Gasteiger partial charge on any atom is -0.490 e. The molecule has 0 saturated carbocycles. The average Bonchev–Trinajstić information content (AvgIpc) is 3.05. The largest absolute Gasteiger partial charge is 0.490 e. The highest BCUT2D eigenvalue weighted by molar-refractivity contribution is 5.91. The lowest BCUT2D eigenvalue weighted by atomic mass is 9.77. The summed E-state index contributed by atoms with van der Waals surface area (Å²) in [5, 5.41) is 9.42. The Morgan fingerprint density at radius 1 is 1.29 bits per heavy atom. The van der Waals surface area contributed by atoms with Crippen LogP contribution in [0.25, 0.3) is 0 Å². The zero-order chi connectivity index (χ0) is 26.3. The minimum absolute atomic E-state index is 0.129. The predicted molar refractivity (Wildman–Crippen MR) is 109 cm³/mol. The molecule has 0 spiro atoms. The molecule has 0 unspecified atom stereocenters. The quantitative estimate of drug-likeness (QED) is 0.481. The second-order valence-corrected chi connectivity index (χ2v) is 8.10. The van der Waals surface area contributed by atoms with Crippen molar-refractivity contribution < 1.29 is 46.2 Å². The molecular weight excluding hydrogens is 481 g/mol. The van der Waals surface area contributed by atoms with E-state index in [4.69, 9.17) is 15.2 Å². The van der Waals surface area contributed by atoms with Crippen LogP contribution in [0.2, 0.25) is 0 Å². The number of nitrogens with zero attached hydrogens (tertiary/aromatic N) is 2. The van der Waals surface area contributed by atoms with E-state index < -0.39 is 64.6 Å². The first-order valence-electron chi connectivity index (χ1n) is 10.4. The van der Waals surface area contributed by atoms with E-state index in [2.05, 4.69) is 4.99 Å². The second-order valence-electron chi connectivity index (χ2n) is 8.10. The van der Waals surface area contributed by atoms with Crippen molar-refractivity contribution in [3.05, 3.63) is 58.7 Å². The van der Waals surface area contributed by atoms with Gasteiger partial charge in [0.2, 0.25) is 5.82 Å². The lowest BCUT2D eigenvalue weighted by molar-refractivity contribution is -0.272. The van der Waals surface area contributed by atoms with Gasteiger partial charge in [-0.1, -0.05) is 13.0 Å². The summed E-state index contributed by atoms with van der Waals surface area (Å²) in [6.45, 7) is 3.26. The Hall–Kier alpha value is -3.48. The van der Waals surface area contributed by atoms with Gasteiger partial charge in [0.25, 0.3) is 11.8 Å². The fourth-order valence-corrected chi connectivity index (χ4v) is 4.04. The number of pyridine rings is 1. The van der Waals surface area contributed by atoms with E-state index >= 15 is 0 Å². The summed E-state index contributed by atoms with van der Waals surface area (Å²) < 4.78 is 81.3. The highest BCUT2D eigenvalue weighted by atomic mass is 19.4. The van der Waals surface area contributed by atoms with Crippen LogP contribution in [-0.2, 0) is 9.53 Å². The van der Waals surface area contributed by atoms with Crippen molar-refractivity contribution in [2.24, 2.45) is 16.6 Å². The Labute approximate surface area is 195 Å². The van der Waals surface area contributed by atoms with Gasteiger partial charge in [-0.2, -0.15) is 22.3 Å². The zero-order valence-corrected chi connectivity index (χ0v) is 18.8. The molecule has 8 nitrogen and oxygen atoms in total. The molecule has 1 saturated heterocycles. The molecule has 0 aliphatic carbocycles. The molecule has 1 aliphatic heterocycles. The van der Waals surface area contributed by atoms with Gasteiger partial charge in [0.15, 0.2) is 17.2 Å². The third-order valence-corrected chi connectivity index (χ3v) is 6.05. The number of hydrogen-bond acceptors (Lipinski definition) is 5. The molecule has 3 N–H and O–H groups in total. The van der Waals surface area contributed by atoms with Crippen LogP contribution in [-0.4, -0.2) is 46.2 Å². The first-order chi connectivity index (χ1) is 16.2. The van der Waals surface area contributed by atoms with E-state index in [1.807, 2.05) is 0 Å². The highest BCUT2D eigenvalue weighted by Gasteiger charge is 2.65. The fourth-order valence-electron chi connectivity index (χ4n) is 4.04. The van der Waals surface area contributed by atoms with Crippen molar-refractivity contribution in [2.75, 3.05) is 6.61 Å². The monoisotopic (exact) mass is 503 g/mol. The maximum absolute atomic E-state index is 14.5. The zero-order valence-electron chi connectivity index (χ0n) is 18.8. The number of halogens is 5. The number of alkyl halides is 3. The molecule has 4 atom stereocenters. The number of benzene rings is 1. The molecule has 190 valence electrons. The number of aromatic nitrogens is 1. The summed E-state index contributed by atoms with van der Waals surface area (Å²) in [6, 6.07) is 3.81. The third kappa shape index (κ3) is 4.59. The Morgan fingerprint density at radius 2 is 1.94 bits per heavy atom. The molecular formula is C22H22F5N3O5. The SMILES string of the molecule is CCOc1c([C@@H]2[C@H](C(=O)N=c3ccn(O)c(C(N)=O)c3)O[C@](C)(C(F)(F)F)[C@H]2C)ccc(F)c1F. The average molecular weight is 503 g/mol. The van der Waals surface area contributed by atoms with Gasteiger partial charge in [-0.05, 0) is 32.0 Å². The number of nitrogens with two attached hydrogens (primary N) is 1. The van der Waals surface area contributed by atoms with Gasteiger partial charge >= 0.3 is 6.18 Å². The third-order valence-electron chi connectivity index (χ3n) is 6.05. The van der Waals surface area contributed by atoms with Crippen LogP contribution >= 0.6 is 0 Å². The van der Waals surface area contributed by atoms with Gasteiger partial charge in [0.1, 0.15) is 11.8 Å². The molecule has 1 fully saturated rings. The summed E-state index contributed by atoms with van der Waals surface area (Å²) in [5.74, 6) is -8.46. The van der Waals surface area contributed by atoms with Gasteiger partial charge in [0.05, 0.1) is 12.0 Å². The van der Waals surface area contributed by atoms with Crippen molar-refractivity contribution >= 4 is 11.8 Å². The van der Waals surface area contributed by atoms with E-state index in [-0.39, 0.29) is 17.5 Å². The molecule has 2 heterocycles. The van der Waals surface area contributed by atoms with Crippen molar-refractivity contribution in [3.63, 3.8) is 0 Å². The number of carbonyl (C=O) groups is 2. The molecule has 13 heteroatoms. The topological polar surface area (TPSA) is 116 Å². The maximum Gasteiger partial charge on any atom is 0.417 e. The van der Waals surface area contributed by atoms with Crippen LogP contribution in [0.1, 0.15) is 42.7 Å². The lowest BCUT2D eigenvalue weighted by Crippen LogP contribution is -2.47. The first-order valence-corrected chi connectivity index (χ1v) is 10.4. The van der Waals surface area contributed by atoms with Gasteiger partial charge < -0.3 is 20.4 Å². The van der Waals surface area contributed by atoms with Crippen molar-refractivity contribution in [1.29, 1.82) is 0 Å². The molecule has 1 aliphatic rings. The van der Waals surface area contributed by atoms with Gasteiger partial charge in [-0.3, -0.25) is 9.59 Å². The second kappa shape index (κ2) is 9.29. The normalized spacial score (nSPS) is 25.0. The first kappa shape index (κ1) is 26.1. The van der Waals surface area contributed by atoms with E-state index in [1.54, 1.807) is 0 Å². The molecule has 35 heavy (non-hydrogen) atoms.